The van der Waals surface area contributed by atoms with Crippen molar-refractivity contribution < 1.29 is 26.4 Å². The zero-order valence-electron chi connectivity index (χ0n) is 23.1. The third kappa shape index (κ3) is 6.87. The third-order valence-electron chi connectivity index (χ3n) is 6.42. The largest absolute Gasteiger partial charge is 0.497 e. The summed E-state index contributed by atoms with van der Waals surface area (Å²) in [4.78, 5) is 13.1. The number of carbonyl (C=O) groups excluding carboxylic acids is 1. The van der Waals surface area contributed by atoms with E-state index >= 15 is 0 Å². The molecule has 214 valence electrons. The average molecular weight is 594 g/mol. The SMILES string of the molecule is COc1ccc(N(CC(=O)Nc2ccc(S(=O)(=O)Nc3c(C)cccc3C)cc2)S(=O)(=O)c2ccc(C)cc2)cc1. The highest BCUT2D eigenvalue weighted by Crippen LogP contribution is 2.27. The van der Waals surface area contributed by atoms with E-state index in [1.807, 2.05) is 39.0 Å². The smallest absolute Gasteiger partial charge is 0.264 e. The Hall–Kier alpha value is -4.35. The summed E-state index contributed by atoms with van der Waals surface area (Å²) in [7, 11) is -6.48. The zero-order valence-corrected chi connectivity index (χ0v) is 24.7. The first kappa shape index (κ1) is 29.6. The number of methoxy groups -OCH3 is 1. The minimum absolute atomic E-state index is 0.0139. The first-order valence-corrected chi connectivity index (χ1v) is 15.6. The molecule has 41 heavy (non-hydrogen) atoms. The van der Waals surface area contributed by atoms with Crippen LogP contribution in [0.2, 0.25) is 0 Å². The van der Waals surface area contributed by atoms with Crippen LogP contribution < -0.4 is 19.1 Å². The predicted octanol–water partition coefficient (Wildman–Crippen LogP) is 5.26. The Balaban J connectivity index is 1.54. The molecule has 0 saturated carbocycles. The van der Waals surface area contributed by atoms with Gasteiger partial charge in [-0.3, -0.25) is 13.8 Å². The maximum Gasteiger partial charge on any atom is 0.264 e. The summed E-state index contributed by atoms with van der Waals surface area (Å²) in [5.74, 6) is -0.0752. The van der Waals surface area contributed by atoms with Gasteiger partial charge in [-0.1, -0.05) is 35.9 Å². The van der Waals surface area contributed by atoms with Crippen molar-refractivity contribution in [2.24, 2.45) is 0 Å². The highest BCUT2D eigenvalue weighted by atomic mass is 32.2. The van der Waals surface area contributed by atoms with Crippen molar-refractivity contribution >= 4 is 43.0 Å². The van der Waals surface area contributed by atoms with Gasteiger partial charge in [0.2, 0.25) is 5.91 Å². The number of nitrogens with one attached hydrogen (secondary N) is 2. The van der Waals surface area contributed by atoms with Crippen molar-refractivity contribution in [1.29, 1.82) is 0 Å². The minimum atomic E-state index is -4.10. The Morgan fingerprint density at radius 2 is 1.32 bits per heavy atom. The normalized spacial score (nSPS) is 11.5. The lowest BCUT2D eigenvalue weighted by atomic mass is 10.1. The molecular weight excluding hydrogens is 562 g/mol. The number of carbonyl (C=O) groups is 1. The molecule has 4 rings (SSSR count). The van der Waals surface area contributed by atoms with E-state index in [0.29, 0.717) is 17.1 Å². The minimum Gasteiger partial charge on any atom is -0.497 e. The van der Waals surface area contributed by atoms with Crippen LogP contribution in [0.4, 0.5) is 17.1 Å². The summed E-state index contributed by atoms with van der Waals surface area (Å²) < 4.78 is 61.9. The number of anilines is 3. The molecule has 0 atom stereocenters. The molecular formula is C30H31N3O6S2. The summed E-state index contributed by atoms with van der Waals surface area (Å²) in [5, 5.41) is 2.66. The monoisotopic (exact) mass is 593 g/mol. The number of hydrogen-bond donors (Lipinski definition) is 2. The average Bonchev–Trinajstić information content (AvgIpc) is 2.94. The Kier molecular flexibility index (Phi) is 8.69. The van der Waals surface area contributed by atoms with Crippen molar-refractivity contribution in [2.75, 3.05) is 28.0 Å². The van der Waals surface area contributed by atoms with Crippen molar-refractivity contribution in [3.63, 3.8) is 0 Å². The van der Waals surface area contributed by atoms with Crippen LogP contribution in [0.3, 0.4) is 0 Å². The number of sulfonamides is 2. The lowest BCUT2D eigenvalue weighted by Crippen LogP contribution is -2.38. The summed E-state index contributed by atoms with van der Waals surface area (Å²) in [6.07, 6.45) is 0. The second-order valence-corrected chi connectivity index (χ2v) is 13.0. The highest BCUT2D eigenvalue weighted by Gasteiger charge is 2.27. The number of nitrogens with zero attached hydrogens (tertiary/aromatic N) is 1. The van der Waals surface area contributed by atoms with Gasteiger partial charge in [-0.25, -0.2) is 16.8 Å². The predicted molar refractivity (Wildman–Crippen MR) is 161 cm³/mol. The van der Waals surface area contributed by atoms with Crippen molar-refractivity contribution in [2.45, 2.75) is 30.6 Å². The van der Waals surface area contributed by atoms with E-state index in [9.17, 15) is 21.6 Å². The summed E-state index contributed by atoms with van der Waals surface area (Å²) in [5.41, 5.74) is 3.58. The molecule has 0 aliphatic carbocycles. The molecule has 4 aromatic carbocycles. The van der Waals surface area contributed by atoms with E-state index in [1.165, 1.54) is 43.5 Å². The van der Waals surface area contributed by atoms with Gasteiger partial charge in [0.15, 0.2) is 0 Å². The first-order chi connectivity index (χ1) is 19.4. The van der Waals surface area contributed by atoms with Crippen molar-refractivity contribution in [3.05, 3.63) is 108 Å². The maximum absolute atomic E-state index is 13.6. The molecule has 9 nitrogen and oxygen atoms in total. The fourth-order valence-corrected chi connectivity index (χ4v) is 6.74. The molecule has 0 aliphatic heterocycles. The van der Waals surface area contributed by atoms with Crippen LogP contribution in [-0.4, -0.2) is 36.4 Å². The molecule has 0 radical (unpaired) electrons. The van der Waals surface area contributed by atoms with Crippen LogP contribution in [0.25, 0.3) is 0 Å². The fraction of sp³-hybridized carbons (Fsp3) is 0.167. The quantitative estimate of drug-likeness (QED) is 0.259. The van der Waals surface area contributed by atoms with Crippen LogP contribution in [-0.2, 0) is 24.8 Å². The van der Waals surface area contributed by atoms with Gasteiger partial charge >= 0.3 is 0 Å². The van der Waals surface area contributed by atoms with E-state index in [1.54, 1.807) is 36.4 Å². The first-order valence-electron chi connectivity index (χ1n) is 12.6. The second-order valence-electron chi connectivity index (χ2n) is 9.47. The maximum atomic E-state index is 13.6. The molecule has 1 amide bonds. The van der Waals surface area contributed by atoms with E-state index in [4.69, 9.17) is 4.74 Å². The molecule has 0 unspecified atom stereocenters. The number of para-hydroxylation sites is 1. The summed E-state index contributed by atoms with van der Waals surface area (Å²) >= 11 is 0. The lowest BCUT2D eigenvalue weighted by Gasteiger charge is -2.24. The molecule has 4 aromatic rings. The number of hydrogen-bond acceptors (Lipinski definition) is 6. The number of aryl methyl sites for hydroxylation is 3. The highest BCUT2D eigenvalue weighted by molar-refractivity contribution is 7.93. The Labute approximate surface area is 240 Å². The van der Waals surface area contributed by atoms with Crippen LogP contribution in [0.5, 0.6) is 5.75 Å². The molecule has 0 aromatic heterocycles. The molecule has 0 bridgehead atoms. The van der Waals surface area contributed by atoms with Gasteiger partial charge in [0.1, 0.15) is 12.3 Å². The third-order valence-corrected chi connectivity index (χ3v) is 9.58. The van der Waals surface area contributed by atoms with Crippen LogP contribution in [0.15, 0.2) is 101 Å². The zero-order chi connectivity index (χ0) is 29.8. The number of ether oxygens (including phenoxy) is 1. The van der Waals surface area contributed by atoms with Gasteiger partial charge in [-0.05, 0) is 92.6 Å². The topological polar surface area (TPSA) is 122 Å². The molecule has 2 N–H and O–H groups in total. The molecule has 0 aliphatic rings. The molecule has 0 spiro atoms. The Bertz CT molecular complexity index is 1730. The van der Waals surface area contributed by atoms with Crippen LogP contribution in [0, 0.1) is 20.8 Å². The van der Waals surface area contributed by atoms with Crippen molar-refractivity contribution in [1.82, 2.24) is 0 Å². The number of benzene rings is 4. The number of rotatable bonds is 10. The van der Waals surface area contributed by atoms with E-state index < -0.39 is 32.5 Å². The fourth-order valence-electron chi connectivity index (χ4n) is 4.12. The summed E-state index contributed by atoms with van der Waals surface area (Å²) in [6.45, 7) is 4.97. The Morgan fingerprint density at radius 3 is 1.88 bits per heavy atom. The number of amides is 1. The second kappa shape index (κ2) is 12.0. The molecule has 11 heteroatoms. The van der Waals surface area contributed by atoms with Crippen LogP contribution in [0.1, 0.15) is 16.7 Å². The van der Waals surface area contributed by atoms with Gasteiger partial charge in [-0.2, -0.15) is 0 Å². The van der Waals surface area contributed by atoms with E-state index in [-0.39, 0.29) is 15.5 Å². The van der Waals surface area contributed by atoms with Crippen molar-refractivity contribution in [3.8, 4) is 5.75 Å². The Morgan fingerprint density at radius 1 is 0.756 bits per heavy atom. The standard InChI is InChI=1S/C30H31N3O6S2/c1-21-8-16-28(17-9-21)41(37,38)33(25-12-14-26(39-4)15-13-25)20-29(34)31-24-10-18-27(19-11-24)40(35,36)32-30-22(2)6-5-7-23(30)3/h5-19,32H,20H2,1-4H3,(H,31,34). The molecule has 0 fully saturated rings. The lowest BCUT2D eigenvalue weighted by molar-refractivity contribution is -0.114. The summed E-state index contributed by atoms with van der Waals surface area (Å²) in [6, 6.07) is 23.8. The van der Waals surface area contributed by atoms with Gasteiger partial charge in [0, 0.05) is 5.69 Å². The van der Waals surface area contributed by atoms with E-state index in [0.717, 1.165) is 21.0 Å². The van der Waals surface area contributed by atoms with Crippen LogP contribution >= 0.6 is 0 Å². The van der Waals surface area contributed by atoms with Gasteiger partial charge in [0.25, 0.3) is 20.0 Å². The van der Waals surface area contributed by atoms with Gasteiger partial charge in [0.05, 0.1) is 28.3 Å². The van der Waals surface area contributed by atoms with E-state index in [2.05, 4.69) is 10.0 Å². The van der Waals surface area contributed by atoms with Gasteiger partial charge in [-0.15, -0.1) is 0 Å². The molecule has 0 heterocycles. The molecule has 0 saturated heterocycles. The van der Waals surface area contributed by atoms with Gasteiger partial charge < -0.3 is 10.1 Å².